The fourth-order valence-corrected chi connectivity index (χ4v) is 6.75. The highest BCUT2D eigenvalue weighted by Crippen LogP contribution is 2.30. The molecule has 278 valence electrons. The summed E-state index contributed by atoms with van der Waals surface area (Å²) >= 11 is 1.50. The van der Waals surface area contributed by atoms with E-state index in [9.17, 15) is 22.8 Å². The topological polar surface area (TPSA) is 104 Å². The Balaban J connectivity index is 1.12. The number of amides is 3. The molecule has 1 aliphatic heterocycles. The summed E-state index contributed by atoms with van der Waals surface area (Å²) in [4.78, 5) is 32.8. The van der Waals surface area contributed by atoms with Crippen molar-refractivity contribution in [2.45, 2.75) is 42.5 Å². The molecule has 1 aliphatic rings. The summed E-state index contributed by atoms with van der Waals surface area (Å²) in [5.41, 5.74) is 4.05. The molecule has 0 aliphatic carbocycles. The van der Waals surface area contributed by atoms with Crippen LogP contribution < -0.4 is 16.0 Å². The number of rotatable bonds is 12. The minimum absolute atomic E-state index is 0.122. The van der Waals surface area contributed by atoms with E-state index in [1.165, 1.54) is 47.8 Å². The van der Waals surface area contributed by atoms with E-state index in [0.717, 1.165) is 53.5 Å². The van der Waals surface area contributed by atoms with Crippen molar-refractivity contribution >= 4 is 29.4 Å². The van der Waals surface area contributed by atoms with Gasteiger partial charge in [0.2, 0.25) is 0 Å². The Morgan fingerprint density at radius 3 is 2.41 bits per heavy atom. The largest absolute Gasteiger partial charge is 0.416 e. The van der Waals surface area contributed by atoms with E-state index in [-0.39, 0.29) is 11.9 Å². The van der Waals surface area contributed by atoms with Gasteiger partial charge in [-0.05, 0) is 117 Å². The molecule has 3 amide bonds. The predicted molar refractivity (Wildman–Crippen MR) is 205 cm³/mol. The van der Waals surface area contributed by atoms with E-state index in [4.69, 9.17) is 0 Å². The number of alkyl halides is 3. The van der Waals surface area contributed by atoms with Crippen LogP contribution >= 0.6 is 11.8 Å². The van der Waals surface area contributed by atoms with E-state index in [1.807, 2.05) is 36.4 Å². The first-order valence-corrected chi connectivity index (χ1v) is 18.7. The first-order chi connectivity index (χ1) is 26.2. The number of thioether (sulfide) groups is 1. The number of carbonyl (C=O) groups excluding carboxylic acids is 2. The van der Waals surface area contributed by atoms with Gasteiger partial charge >= 0.3 is 12.2 Å². The standard InChI is InChI=1S/C41H40F3N7O2S/c42-41(43,44)34-12-15-37(16-13-34)51-25-19-36(49-51)29-54-38-17-14-35(48-40(53)47-21-18-31-5-4-20-45-28-31)27-33(38)11-8-30-6-9-32(10-7-30)39(52)46-22-26-50-23-2-1-3-24-50/h4-7,9-10,12-17,19-20,25,27-28H,1-3,18,21-24,26,29H2,(H,46,52)(H2,47,48,53). The maximum atomic E-state index is 13.0. The van der Waals surface area contributed by atoms with Crippen LogP contribution in [0, 0.1) is 11.8 Å². The number of benzene rings is 3. The molecule has 1 saturated heterocycles. The maximum Gasteiger partial charge on any atom is 0.416 e. The molecular weight excluding hydrogens is 712 g/mol. The lowest BCUT2D eigenvalue weighted by atomic mass is 10.1. The minimum atomic E-state index is -4.41. The van der Waals surface area contributed by atoms with Gasteiger partial charge in [-0.1, -0.05) is 24.3 Å². The van der Waals surface area contributed by atoms with Crippen LogP contribution in [0.15, 0.2) is 108 Å². The number of likely N-dealkylation sites (tertiary alicyclic amines) is 1. The molecule has 9 nitrogen and oxygen atoms in total. The number of hydrogen-bond acceptors (Lipinski definition) is 6. The smallest absolute Gasteiger partial charge is 0.351 e. The van der Waals surface area contributed by atoms with E-state index < -0.39 is 11.7 Å². The van der Waals surface area contributed by atoms with Gasteiger partial charge in [-0.15, -0.1) is 11.8 Å². The molecule has 3 aromatic carbocycles. The fourth-order valence-electron chi connectivity index (χ4n) is 5.87. The van der Waals surface area contributed by atoms with Crippen LogP contribution in [-0.4, -0.2) is 64.3 Å². The lowest BCUT2D eigenvalue weighted by Gasteiger charge is -2.26. The molecule has 0 atom stereocenters. The van der Waals surface area contributed by atoms with E-state index in [0.29, 0.717) is 47.8 Å². The number of aromatic nitrogens is 3. The van der Waals surface area contributed by atoms with Gasteiger partial charge in [0, 0.05) is 71.3 Å². The van der Waals surface area contributed by atoms with Crippen molar-refractivity contribution in [3.05, 3.63) is 137 Å². The average Bonchev–Trinajstić information content (AvgIpc) is 3.66. The maximum absolute atomic E-state index is 13.0. The second-order valence-corrected chi connectivity index (χ2v) is 13.8. The van der Waals surface area contributed by atoms with Crippen LogP contribution in [0.5, 0.6) is 0 Å². The zero-order chi connectivity index (χ0) is 37.8. The number of pyridine rings is 1. The van der Waals surface area contributed by atoms with Gasteiger partial charge in [-0.3, -0.25) is 9.78 Å². The van der Waals surface area contributed by atoms with Gasteiger partial charge in [-0.2, -0.15) is 18.3 Å². The number of nitrogens with zero attached hydrogens (tertiary/aromatic N) is 4. The summed E-state index contributed by atoms with van der Waals surface area (Å²) in [6.45, 7) is 4.04. The quantitative estimate of drug-likeness (QED) is 0.0899. The molecule has 5 aromatic rings. The Labute approximate surface area is 316 Å². The zero-order valence-corrected chi connectivity index (χ0v) is 30.4. The van der Waals surface area contributed by atoms with Crippen LogP contribution in [0.3, 0.4) is 0 Å². The molecule has 0 unspecified atom stereocenters. The molecule has 0 spiro atoms. The summed E-state index contributed by atoms with van der Waals surface area (Å²) in [5, 5.41) is 13.3. The predicted octanol–water partition coefficient (Wildman–Crippen LogP) is 7.56. The van der Waals surface area contributed by atoms with Crippen molar-refractivity contribution < 1.29 is 22.8 Å². The van der Waals surface area contributed by atoms with Gasteiger partial charge in [0.05, 0.1) is 16.9 Å². The van der Waals surface area contributed by atoms with Gasteiger partial charge in [-0.25, -0.2) is 9.48 Å². The summed E-state index contributed by atoms with van der Waals surface area (Å²) in [6.07, 6.45) is 5.09. The first-order valence-electron chi connectivity index (χ1n) is 17.7. The van der Waals surface area contributed by atoms with Gasteiger partial charge in [0.25, 0.3) is 5.91 Å². The molecular formula is C41H40F3N7O2S. The highest BCUT2D eigenvalue weighted by atomic mass is 32.2. The molecule has 3 N–H and O–H groups in total. The van der Waals surface area contributed by atoms with Crippen LogP contribution in [0.2, 0.25) is 0 Å². The molecule has 1 fully saturated rings. The molecule has 0 radical (unpaired) electrons. The van der Waals surface area contributed by atoms with Crippen molar-refractivity contribution in [1.29, 1.82) is 0 Å². The molecule has 54 heavy (non-hydrogen) atoms. The lowest BCUT2D eigenvalue weighted by molar-refractivity contribution is -0.137. The fraction of sp³-hybridized carbons (Fsp3) is 0.268. The van der Waals surface area contributed by atoms with Gasteiger partial charge in [0.1, 0.15) is 0 Å². The van der Waals surface area contributed by atoms with Crippen molar-refractivity contribution in [2.24, 2.45) is 0 Å². The number of piperidine rings is 1. The second kappa shape index (κ2) is 18.4. The highest BCUT2D eigenvalue weighted by Gasteiger charge is 2.30. The third-order valence-corrected chi connectivity index (χ3v) is 9.90. The summed E-state index contributed by atoms with van der Waals surface area (Å²) < 4.78 is 40.6. The monoisotopic (exact) mass is 751 g/mol. The Morgan fingerprint density at radius 2 is 1.67 bits per heavy atom. The second-order valence-electron chi connectivity index (χ2n) is 12.8. The third-order valence-electron chi connectivity index (χ3n) is 8.79. The van der Waals surface area contributed by atoms with Gasteiger partial charge < -0.3 is 20.9 Å². The number of urea groups is 1. The highest BCUT2D eigenvalue weighted by molar-refractivity contribution is 7.98. The molecule has 3 heterocycles. The molecule has 0 saturated carbocycles. The van der Waals surface area contributed by atoms with Crippen LogP contribution in [0.25, 0.3) is 5.69 Å². The number of halogens is 3. The summed E-state index contributed by atoms with van der Waals surface area (Å²) in [7, 11) is 0. The summed E-state index contributed by atoms with van der Waals surface area (Å²) in [5.74, 6) is 6.77. The van der Waals surface area contributed by atoms with E-state index in [1.54, 1.807) is 42.9 Å². The molecule has 6 rings (SSSR count). The number of anilines is 1. The Morgan fingerprint density at radius 1 is 0.870 bits per heavy atom. The van der Waals surface area contributed by atoms with E-state index in [2.05, 4.69) is 42.8 Å². The van der Waals surface area contributed by atoms with Crippen LogP contribution in [0.4, 0.5) is 23.7 Å². The minimum Gasteiger partial charge on any atom is -0.351 e. The molecule has 0 bridgehead atoms. The molecule has 13 heteroatoms. The van der Waals surface area contributed by atoms with Crippen molar-refractivity contribution in [2.75, 3.05) is 38.0 Å². The van der Waals surface area contributed by atoms with Crippen LogP contribution in [-0.2, 0) is 18.3 Å². The van der Waals surface area contributed by atoms with Crippen LogP contribution in [0.1, 0.15) is 57.6 Å². The number of carbonyl (C=O) groups is 2. The Hall–Kier alpha value is -5.58. The van der Waals surface area contributed by atoms with Crippen molar-refractivity contribution in [1.82, 2.24) is 30.3 Å². The Kier molecular flexibility index (Phi) is 13.0. The van der Waals surface area contributed by atoms with Gasteiger partial charge in [0.15, 0.2) is 0 Å². The normalized spacial score (nSPS) is 13.1. The Bertz CT molecular complexity index is 2070. The number of nitrogens with one attached hydrogen (secondary N) is 3. The number of hydrogen-bond donors (Lipinski definition) is 3. The lowest BCUT2D eigenvalue weighted by Crippen LogP contribution is -2.37. The van der Waals surface area contributed by atoms with Crippen molar-refractivity contribution in [3.8, 4) is 17.5 Å². The SMILES string of the molecule is O=C(NCCc1cccnc1)Nc1ccc(SCc2ccn(-c3ccc(C(F)(F)F)cc3)n2)c(C#Cc2ccc(C(=O)NCCN3CCCCC3)cc2)c1. The average molecular weight is 752 g/mol. The molecule has 2 aromatic heterocycles. The first kappa shape index (κ1) is 38.2. The summed E-state index contributed by atoms with van der Waals surface area (Å²) in [6, 6.07) is 22.7. The third kappa shape index (κ3) is 11.2. The zero-order valence-electron chi connectivity index (χ0n) is 29.5. The van der Waals surface area contributed by atoms with Crippen molar-refractivity contribution in [3.63, 3.8) is 0 Å². The van der Waals surface area contributed by atoms with E-state index >= 15 is 0 Å².